The van der Waals surface area contributed by atoms with E-state index < -0.39 is 5.54 Å². The van der Waals surface area contributed by atoms with Crippen molar-refractivity contribution < 1.29 is 4.79 Å². The van der Waals surface area contributed by atoms with Gasteiger partial charge in [-0.25, -0.2) is 0 Å². The van der Waals surface area contributed by atoms with Crippen LogP contribution in [0, 0.1) is 5.92 Å². The third-order valence-corrected chi connectivity index (χ3v) is 3.32. The molecule has 0 aliphatic carbocycles. The first-order valence-electron chi connectivity index (χ1n) is 6.23. The molecule has 0 heterocycles. The molecule has 3 N–H and O–H groups in total. The largest absolute Gasteiger partial charge is 0.368 e. The van der Waals surface area contributed by atoms with Crippen LogP contribution in [0.15, 0.2) is 24.3 Å². The fourth-order valence-electron chi connectivity index (χ4n) is 1.97. The van der Waals surface area contributed by atoms with Crippen LogP contribution >= 0.6 is 11.6 Å². The highest BCUT2D eigenvalue weighted by Gasteiger charge is 2.36. The van der Waals surface area contributed by atoms with E-state index in [0.717, 1.165) is 12.1 Å². The summed E-state index contributed by atoms with van der Waals surface area (Å²) >= 11 is 6.00. The molecule has 0 bridgehead atoms. The van der Waals surface area contributed by atoms with E-state index in [1.165, 1.54) is 0 Å². The Morgan fingerprint density at radius 3 is 2.61 bits per heavy atom. The summed E-state index contributed by atoms with van der Waals surface area (Å²) in [7, 11) is 0. The van der Waals surface area contributed by atoms with Crippen LogP contribution in [0.2, 0.25) is 5.02 Å². The molecule has 100 valence electrons. The number of carbonyl (C=O) groups excluding carboxylic acids is 1. The minimum absolute atomic E-state index is 0.368. The van der Waals surface area contributed by atoms with Crippen molar-refractivity contribution in [3.8, 4) is 0 Å². The summed E-state index contributed by atoms with van der Waals surface area (Å²) in [5.74, 6) is 0.0716. The van der Waals surface area contributed by atoms with Gasteiger partial charge in [-0.05, 0) is 36.6 Å². The Morgan fingerprint density at radius 2 is 2.17 bits per heavy atom. The van der Waals surface area contributed by atoms with Crippen molar-refractivity contribution in [2.24, 2.45) is 11.7 Å². The first-order chi connectivity index (χ1) is 8.42. The van der Waals surface area contributed by atoms with Gasteiger partial charge in [-0.15, -0.1) is 0 Å². The second kappa shape index (κ2) is 6.21. The van der Waals surface area contributed by atoms with Crippen LogP contribution in [0.4, 0.5) is 0 Å². The van der Waals surface area contributed by atoms with Gasteiger partial charge in [0.15, 0.2) is 0 Å². The highest BCUT2D eigenvalue weighted by Crippen LogP contribution is 2.27. The summed E-state index contributed by atoms with van der Waals surface area (Å²) in [6, 6.07) is 7.30. The molecule has 18 heavy (non-hydrogen) atoms. The standard InChI is InChI=1S/C14H21ClN2O/c1-4-14(13(16)18,17-9-10(2)3)11-6-5-7-12(15)8-11/h5-8,10,17H,4,9H2,1-3H3,(H2,16,18). The van der Waals surface area contributed by atoms with Crippen LogP contribution < -0.4 is 11.1 Å². The van der Waals surface area contributed by atoms with Gasteiger partial charge >= 0.3 is 0 Å². The molecule has 1 aromatic rings. The lowest BCUT2D eigenvalue weighted by Crippen LogP contribution is -2.53. The molecule has 0 saturated carbocycles. The molecule has 0 saturated heterocycles. The molecule has 0 aromatic heterocycles. The Bertz CT molecular complexity index is 420. The maximum absolute atomic E-state index is 11.9. The van der Waals surface area contributed by atoms with Gasteiger partial charge in [0.2, 0.25) is 5.91 Å². The molecule has 1 amide bonds. The fourth-order valence-corrected chi connectivity index (χ4v) is 2.16. The van der Waals surface area contributed by atoms with E-state index in [0.29, 0.717) is 17.4 Å². The van der Waals surface area contributed by atoms with E-state index in [4.69, 9.17) is 17.3 Å². The average molecular weight is 269 g/mol. The second-order valence-electron chi connectivity index (χ2n) is 4.91. The summed E-state index contributed by atoms with van der Waals surface area (Å²) in [5, 5.41) is 3.90. The number of amides is 1. The molecule has 1 atom stereocenters. The first-order valence-corrected chi connectivity index (χ1v) is 6.61. The van der Waals surface area contributed by atoms with Crippen LogP contribution in [0.3, 0.4) is 0 Å². The van der Waals surface area contributed by atoms with E-state index >= 15 is 0 Å². The minimum atomic E-state index is -0.838. The molecule has 0 spiro atoms. The van der Waals surface area contributed by atoms with Gasteiger partial charge in [-0.2, -0.15) is 0 Å². The van der Waals surface area contributed by atoms with E-state index in [9.17, 15) is 4.79 Å². The van der Waals surface area contributed by atoms with Gasteiger partial charge in [0.25, 0.3) is 0 Å². The number of hydrogen-bond donors (Lipinski definition) is 2. The maximum Gasteiger partial charge on any atom is 0.242 e. The van der Waals surface area contributed by atoms with Gasteiger partial charge < -0.3 is 5.73 Å². The SMILES string of the molecule is CCC(NCC(C)C)(C(N)=O)c1cccc(Cl)c1. The molecular weight excluding hydrogens is 248 g/mol. The van der Waals surface area contributed by atoms with E-state index in [1.54, 1.807) is 12.1 Å². The van der Waals surface area contributed by atoms with Gasteiger partial charge in [0.1, 0.15) is 5.54 Å². The van der Waals surface area contributed by atoms with Crippen LogP contribution in [0.5, 0.6) is 0 Å². The lowest BCUT2D eigenvalue weighted by Gasteiger charge is -2.32. The van der Waals surface area contributed by atoms with Crippen LogP contribution in [-0.2, 0) is 10.3 Å². The zero-order chi connectivity index (χ0) is 13.8. The number of benzene rings is 1. The summed E-state index contributed by atoms with van der Waals surface area (Å²) in [4.78, 5) is 11.9. The monoisotopic (exact) mass is 268 g/mol. The molecule has 1 unspecified atom stereocenters. The van der Waals surface area contributed by atoms with Gasteiger partial charge in [-0.3, -0.25) is 10.1 Å². The zero-order valence-electron chi connectivity index (χ0n) is 11.2. The summed E-state index contributed by atoms with van der Waals surface area (Å²) in [6.45, 7) is 6.85. The molecule has 1 aromatic carbocycles. The summed E-state index contributed by atoms with van der Waals surface area (Å²) < 4.78 is 0. The molecule has 0 aliphatic rings. The van der Waals surface area contributed by atoms with Gasteiger partial charge in [0.05, 0.1) is 0 Å². The predicted octanol–water partition coefficient (Wildman–Crippen LogP) is 2.68. The van der Waals surface area contributed by atoms with Gasteiger partial charge in [0, 0.05) is 5.02 Å². The maximum atomic E-state index is 11.9. The molecule has 0 radical (unpaired) electrons. The number of primary amides is 1. The third kappa shape index (κ3) is 3.24. The Hall–Kier alpha value is -1.06. The van der Waals surface area contributed by atoms with Crippen molar-refractivity contribution >= 4 is 17.5 Å². The number of halogens is 1. The number of hydrogen-bond acceptors (Lipinski definition) is 2. The molecule has 0 aliphatic heterocycles. The Morgan fingerprint density at radius 1 is 1.50 bits per heavy atom. The summed E-state index contributed by atoms with van der Waals surface area (Å²) in [5.41, 5.74) is 5.59. The van der Waals surface area contributed by atoms with Crippen LogP contribution in [0.25, 0.3) is 0 Å². The second-order valence-corrected chi connectivity index (χ2v) is 5.34. The molecule has 0 fully saturated rings. The lowest BCUT2D eigenvalue weighted by atomic mass is 9.86. The highest BCUT2D eigenvalue weighted by atomic mass is 35.5. The molecule has 4 heteroatoms. The Balaban J connectivity index is 3.14. The van der Waals surface area contributed by atoms with Crippen molar-refractivity contribution in [1.82, 2.24) is 5.32 Å². The summed E-state index contributed by atoms with van der Waals surface area (Å²) in [6.07, 6.45) is 0.593. The molecular formula is C14H21ClN2O. The van der Waals surface area contributed by atoms with Crippen molar-refractivity contribution in [3.05, 3.63) is 34.9 Å². The fraction of sp³-hybridized carbons (Fsp3) is 0.500. The number of nitrogens with one attached hydrogen (secondary N) is 1. The zero-order valence-corrected chi connectivity index (χ0v) is 11.9. The molecule has 3 nitrogen and oxygen atoms in total. The van der Waals surface area contributed by atoms with Crippen molar-refractivity contribution in [3.63, 3.8) is 0 Å². The third-order valence-electron chi connectivity index (χ3n) is 3.08. The Labute approximate surface area is 114 Å². The average Bonchev–Trinajstić information content (AvgIpc) is 2.29. The van der Waals surface area contributed by atoms with Gasteiger partial charge in [-0.1, -0.05) is 44.5 Å². The van der Waals surface area contributed by atoms with Crippen molar-refractivity contribution in [2.45, 2.75) is 32.7 Å². The minimum Gasteiger partial charge on any atom is -0.368 e. The van der Waals surface area contributed by atoms with E-state index in [2.05, 4.69) is 19.2 Å². The first kappa shape index (κ1) is 15.0. The number of carbonyl (C=O) groups is 1. The van der Waals surface area contributed by atoms with E-state index in [1.807, 2.05) is 19.1 Å². The quantitative estimate of drug-likeness (QED) is 0.833. The van der Waals surface area contributed by atoms with Crippen molar-refractivity contribution in [2.75, 3.05) is 6.54 Å². The normalized spacial score (nSPS) is 14.5. The van der Waals surface area contributed by atoms with Crippen LogP contribution in [0.1, 0.15) is 32.8 Å². The highest BCUT2D eigenvalue weighted by molar-refractivity contribution is 6.30. The Kier molecular flexibility index (Phi) is 5.17. The number of rotatable bonds is 6. The topological polar surface area (TPSA) is 55.1 Å². The smallest absolute Gasteiger partial charge is 0.242 e. The predicted molar refractivity (Wildman–Crippen MR) is 75.5 cm³/mol. The van der Waals surface area contributed by atoms with Crippen LogP contribution in [-0.4, -0.2) is 12.5 Å². The lowest BCUT2D eigenvalue weighted by molar-refractivity contribution is -0.125. The van der Waals surface area contributed by atoms with Crippen molar-refractivity contribution in [1.29, 1.82) is 0 Å². The molecule has 1 rings (SSSR count). The van der Waals surface area contributed by atoms with E-state index in [-0.39, 0.29) is 5.91 Å². The number of nitrogens with two attached hydrogens (primary N) is 1.